The van der Waals surface area contributed by atoms with Crippen molar-refractivity contribution in [1.29, 1.82) is 0 Å². The van der Waals surface area contributed by atoms with Crippen molar-refractivity contribution in [3.05, 3.63) is 16.6 Å². The van der Waals surface area contributed by atoms with Crippen molar-refractivity contribution in [3.8, 4) is 0 Å². The van der Waals surface area contributed by atoms with Crippen LogP contribution < -0.4 is 5.73 Å². The van der Waals surface area contributed by atoms with E-state index in [0.717, 1.165) is 19.0 Å². The minimum atomic E-state index is 0. The third-order valence-electron chi connectivity index (χ3n) is 2.84. The lowest BCUT2D eigenvalue weighted by atomic mass is 10.1. The first-order chi connectivity index (χ1) is 6.81. The predicted octanol–water partition coefficient (Wildman–Crippen LogP) is 1.73. The maximum atomic E-state index is 5.78. The molecule has 2 rings (SSSR count). The van der Waals surface area contributed by atoms with E-state index in [1.54, 1.807) is 11.3 Å². The first-order valence-corrected chi connectivity index (χ1v) is 5.98. The Morgan fingerprint density at radius 2 is 2.40 bits per heavy atom. The summed E-state index contributed by atoms with van der Waals surface area (Å²) in [6.45, 7) is 1.71. The van der Waals surface area contributed by atoms with Gasteiger partial charge in [-0.05, 0) is 25.8 Å². The molecule has 1 atom stereocenters. The number of hydrogen-bond acceptors (Lipinski definition) is 4. The van der Waals surface area contributed by atoms with Crippen LogP contribution in [-0.2, 0) is 6.54 Å². The zero-order valence-corrected chi connectivity index (χ0v) is 10.6. The van der Waals surface area contributed by atoms with Crippen molar-refractivity contribution in [3.63, 3.8) is 0 Å². The van der Waals surface area contributed by atoms with E-state index in [1.807, 2.05) is 11.6 Å². The van der Waals surface area contributed by atoms with Crippen molar-refractivity contribution in [2.24, 2.45) is 11.7 Å². The summed E-state index contributed by atoms with van der Waals surface area (Å²) < 4.78 is 0. The van der Waals surface area contributed by atoms with Gasteiger partial charge in [-0.2, -0.15) is 0 Å². The Balaban J connectivity index is 0.00000112. The van der Waals surface area contributed by atoms with E-state index in [-0.39, 0.29) is 12.4 Å². The second kappa shape index (κ2) is 5.80. The van der Waals surface area contributed by atoms with E-state index in [1.165, 1.54) is 17.8 Å². The molecule has 1 fully saturated rings. The van der Waals surface area contributed by atoms with Gasteiger partial charge in [0.15, 0.2) is 0 Å². The number of halogens is 1. The fourth-order valence-electron chi connectivity index (χ4n) is 1.87. The Bertz CT molecular complexity index is 274. The Labute approximate surface area is 101 Å². The molecule has 0 amide bonds. The number of nitrogens with two attached hydrogens (primary N) is 1. The molecule has 0 spiro atoms. The largest absolute Gasteiger partial charge is 0.329 e. The van der Waals surface area contributed by atoms with Crippen molar-refractivity contribution in [2.45, 2.75) is 25.4 Å². The van der Waals surface area contributed by atoms with Gasteiger partial charge < -0.3 is 5.73 Å². The molecule has 86 valence electrons. The molecular formula is C10H18ClN3S. The Hall–Kier alpha value is -0.160. The fraction of sp³-hybridized carbons (Fsp3) is 0.700. The van der Waals surface area contributed by atoms with Gasteiger partial charge in [0.25, 0.3) is 0 Å². The van der Waals surface area contributed by atoms with Gasteiger partial charge in [0, 0.05) is 24.2 Å². The second-order valence-corrected chi connectivity index (χ2v) is 4.96. The number of likely N-dealkylation sites (N-methyl/N-ethyl adjacent to an activating group) is 1. The molecule has 3 nitrogen and oxygen atoms in total. The number of aromatic nitrogens is 1. The van der Waals surface area contributed by atoms with Crippen molar-refractivity contribution in [1.82, 2.24) is 9.88 Å². The molecule has 1 aliphatic rings. The van der Waals surface area contributed by atoms with Gasteiger partial charge in [0.1, 0.15) is 5.01 Å². The van der Waals surface area contributed by atoms with Gasteiger partial charge in [0.2, 0.25) is 0 Å². The lowest BCUT2D eigenvalue weighted by Gasteiger charge is -2.25. The third kappa shape index (κ3) is 3.41. The summed E-state index contributed by atoms with van der Waals surface area (Å²) in [5.74, 6) is 0.838. The average molecular weight is 248 g/mol. The highest BCUT2D eigenvalue weighted by molar-refractivity contribution is 7.09. The molecular weight excluding hydrogens is 230 g/mol. The molecule has 0 saturated heterocycles. The first kappa shape index (κ1) is 12.9. The van der Waals surface area contributed by atoms with Crippen LogP contribution in [0.15, 0.2) is 11.6 Å². The monoisotopic (exact) mass is 247 g/mol. The molecule has 1 aromatic heterocycles. The molecule has 0 aliphatic heterocycles. The maximum Gasteiger partial charge on any atom is 0.107 e. The molecule has 15 heavy (non-hydrogen) atoms. The average Bonchev–Trinajstić information content (AvgIpc) is 2.86. The summed E-state index contributed by atoms with van der Waals surface area (Å²) in [6.07, 6.45) is 4.57. The number of rotatable bonds is 5. The molecule has 2 N–H and O–H groups in total. The number of hydrogen-bond donors (Lipinski definition) is 1. The summed E-state index contributed by atoms with van der Waals surface area (Å²) in [5.41, 5.74) is 5.78. The lowest BCUT2D eigenvalue weighted by molar-refractivity contribution is 0.215. The molecule has 0 radical (unpaired) electrons. The predicted molar refractivity (Wildman–Crippen MR) is 66.4 cm³/mol. The van der Waals surface area contributed by atoms with Gasteiger partial charge >= 0.3 is 0 Å². The van der Waals surface area contributed by atoms with Crippen LogP contribution in [-0.4, -0.2) is 29.5 Å². The van der Waals surface area contributed by atoms with Gasteiger partial charge in [-0.15, -0.1) is 23.7 Å². The van der Waals surface area contributed by atoms with Crippen LogP contribution in [0.25, 0.3) is 0 Å². The summed E-state index contributed by atoms with van der Waals surface area (Å²) >= 11 is 1.72. The van der Waals surface area contributed by atoms with Crippen LogP contribution in [0, 0.1) is 5.92 Å². The minimum Gasteiger partial charge on any atom is -0.329 e. The fourth-order valence-corrected chi connectivity index (χ4v) is 2.55. The minimum absolute atomic E-state index is 0. The van der Waals surface area contributed by atoms with Crippen LogP contribution >= 0.6 is 23.7 Å². The van der Waals surface area contributed by atoms with Crippen molar-refractivity contribution in [2.75, 3.05) is 13.6 Å². The standard InChI is InChI=1S/C10H17N3S.ClH/c1-13(7-10-12-4-5-14-10)9(6-11)8-2-3-8;/h4-5,8-9H,2-3,6-7,11H2,1H3;1H. The molecule has 1 unspecified atom stereocenters. The number of thiazole rings is 1. The summed E-state index contributed by atoms with van der Waals surface area (Å²) in [6, 6.07) is 0.555. The van der Waals surface area contributed by atoms with Crippen LogP contribution in [0.4, 0.5) is 0 Å². The molecule has 0 bridgehead atoms. The van der Waals surface area contributed by atoms with Gasteiger partial charge in [-0.25, -0.2) is 4.98 Å². The maximum absolute atomic E-state index is 5.78. The van der Waals surface area contributed by atoms with E-state index >= 15 is 0 Å². The Kier molecular flexibility index (Phi) is 4.99. The van der Waals surface area contributed by atoms with Gasteiger partial charge in [-0.3, -0.25) is 4.90 Å². The SMILES string of the molecule is CN(Cc1nccs1)C(CN)C1CC1.Cl. The summed E-state index contributed by atoms with van der Waals surface area (Å²) in [4.78, 5) is 6.63. The molecule has 1 saturated carbocycles. The van der Waals surface area contributed by atoms with Crippen molar-refractivity contribution < 1.29 is 0 Å². The van der Waals surface area contributed by atoms with E-state index in [0.29, 0.717) is 6.04 Å². The van der Waals surface area contributed by atoms with Crippen LogP contribution in [0.2, 0.25) is 0 Å². The second-order valence-electron chi connectivity index (χ2n) is 3.98. The zero-order valence-electron chi connectivity index (χ0n) is 8.93. The topological polar surface area (TPSA) is 42.2 Å². The van der Waals surface area contributed by atoms with Crippen molar-refractivity contribution >= 4 is 23.7 Å². The van der Waals surface area contributed by atoms with E-state index < -0.39 is 0 Å². The van der Waals surface area contributed by atoms with Gasteiger partial charge in [-0.1, -0.05) is 0 Å². The summed E-state index contributed by atoms with van der Waals surface area (Å²) in [5, 5.41) is 3.21. The van der Waals surface area contributed by atoms with Crippen LogP contribution in [0.3, 0.4) is 0 Å². The Morgan fingerprint density at radius 1 is 1.67 bits per heavy atom. The highest BCUT2D eigenvalue weighted by atomic mass is 35.5. The van der Waals surface area contributed by atoms with E-state index in [9.17, 15) is 0 Å². The van der Waals surface area contributed by atoms with E-state index in [4.69, 9.17) is 5.73 Å². The molecule has 1 heterocycles. The molecule has 0 aromatic carbocycles. The molecule has 1 aliphatic carbocycles. The summed E-state index contributed by atoms with van der Waals surface area (Å²) in [7, 11) is 2.15. The molecule has 5 heteroatoms. The third-order valence-corrected chi connectivity index (χ3v) is 3.61. The highest BCUT2D eigenvalue weighted by Crippen LogP contribution is 2.34. The van der Waals surface area contributed by atoms with E-state index in [2.05, 4.69) is 16.9 Å². The molecule has 1 aromatic rings. The van der Waals surface area contributed by atoms with Crippen LogP contribution in [0.5, 0.6) is 0 Å². The number of nitrogens with zero attached hydrogens (tertiary/aromatic N) is 2. The zero-order chi connectivity index (χ0) is 9.97. The quantitative estimate of drug-likeness (QED) is 0.862. The van der Waals surface area contributed by atoms with Gasteiger partial charge in [0.05, 0.1) is 6.54 Å². The first-order valence-electron chi connectivity index (χ1n) is 5.10. The Morgan fingerprint density at radius 3 is 2.87 bits per heavy atom. The highest BCUT2D eigenvalue weighted by Gasteiger charge is 2.32. The lowest BCUT2D eigenvalue weighted by Crippen LogP contribution is -2.39. The normalized spacial score (nSPS) is 17.5. The smallest absolute Gasteiger partial charge is 0.107 e. The van der Waals surface area contributed by atoms with Crippen LogP contribution in [0.1, 0.15) is 17.8 Å².